The number of ether oxygens (including phenoxy) is 1. The third-order valence-electron chi connectivity index (χ3n) is 2.44. The summed E-state index contributed by atoms with van der Waals surface area (Å²) >= 11 is 3.26. The average Bonchev–Trinajstić information content (AvgIpc) is 2.45. The predicted octanol–water partition coefficient (Wildman–Crippen LogP) is 1.96. The molecule has 2 rings (SSSR count). The molecule has 0 bridgehead atoms. The fraction of sp³-hybridized carbons (Fsp3) is 0.0714. The Hall–Kier alpha value is -2.41. The molecule has 0 fully saturated rings. The van der Waals surface area contributed by atoms with Crippen molar-refractivity contribution in [2.75, 3.05) is 11.9 Å². The van der Waals surface area contributed by atoms with Crippen molar-refractivity contribution in [1.82, 2.24) is 4.98 Å². The molecule has 3 N–H and O–H groups in total. The van der Waals surface area contributed by atoms with Crippen LogP contribution in [0.1, 0.15) is 10.4 Å². The lowest BCUT2D eigenvalue weighted by Gasteiger charge is -2.08. The Kier molecular flexibility index (Phi) is 4.89. The third kappa shape index (κ3) is 4.57. The first-order chi connectivity index (χ1) is 10.0. The summed E-state index contributed by atoms with van der Waals surface area (Å²) in [5.74, 6) is -0.417. The van der Waals surface area contributed by atoms with Gasteiger partial charge in [0.1, 0.15) is 5.75 Å². The summed E-state index contributed by atoms with van der Waals surface area (Å²) in [6, 6.07) is 8.34. The van der Waals surface area contributed by atoms with Crippen molar-refractivity contribution in [2.45, 2.75) is 0 Å². The maximum absolute atomic E-state index is 12.1. The van der Waals surface area contributed by atoms with Crippen molar-refractivity contribution >= 4 is 33.4 Å². The van der Waals surface area contributed by atoms with Gasteiger partial charge in [-0.25, -0.2) is 0 Å². The highest BCUT2D eigenvalue weighted by Gasteiger charge is 2.08. The largest absolute Gasteiger partial charge is 0.484 e. The topological polar surface area (TPSA) is 94.3 Å². The van der Waals surface area contributed by atoms with E-state index in [1.165, 1.54) is 6.20 Å². The number of hydrogen-bond acceptors (Lipinski definition) is 4. The quantitative estimate of drug-likeness (QED) is 0.862. The minimum absolute atomic E-state index is 0.215. The van der Waals surface area contributed by atoms with Crippen LogP contribution >= 0.6 is 15.9 Å². The Balaban J connectivity index is 2.07. The van der Waals surface area contributed by atoms with E-state index in [0.29, 0.717) is 21.5 Å². The Morgan fingerprint density at radius 2 is 2.10 bits per heavy atom. The van der Waals surface area contributed by atoms with Crippen LogP contribution in [0.4, 0.5) is 5.69 Å². The van der Waals surface area contributed by atoms with Crippen LogP contribution in [0.15, 0.2) is 47.2 Å². The van der Waals surface area contributed by atoms with Gasteiger partial charge in [0.2, 0.25) is 0 Å². The molecule has 1 aromatic heterocycles. The van der Waals surface area contributed by atoms with E-state index >= 15 is 0 Å². The Bertz CT molecular complexity index is 676. The van der Waals surface area contributed by atoms with E-state index in [4.69, 9.17) is 10.5 Å². The van der Waals surface area contributed by atoms with Crippen LogP contribution in [0.25, 0.3) is 0 Å². The Morgan fingerprint density at radius 3 is 2.81 bits per heavy atom. The summed E-state index contributed by atoms with van der Waals surface area (Å²) in [4.78, 5) is 26.7. The lowest BCUT2D eigenvalue weighted by Crippen LogP contribution is -2.20. The number of rotatable bonds is 5. The first-order valence-corrected chi connectivity index (χ1v) is 6.77. The predicted molar refractivity (Wildman–Crippen MR) is 81.0 cm³/mol. The second-order valence-corrected chi connectivity index (χ2v) is 5.04. The van der Waals surface area contributed by atoms with Gasteiger partial charge in [0, 0.05) is 28.6 Å². The van der Waals surface area contributed by atoms with Crippen LogP contribution in [0.2, 0.25) is 0 Å². The van der Waals surface area contributed by atoms with Crippen molar-refractivity contribution in [1.29, 1.82) is 0 Å². The van der Waals surface area contributed by atoms with Crippen LogP contribution in [-0.2, 0) is 4.79 Å². The SMILES string of the molecule is NC(=O)COc1cccc(NC(=O)c2cncc(Br)c2)c1. The second kappa shape index (κ2) is 6.85. The lowest BCUT2D eigenvalue weighted by molar-refractivity contribution is -0.119. The number of amides is 2. The summed E-state index contributed by atoms with van der Waals surface area (Å²) < 4.78 is 5.89. The van der Waals surface area contributed by atoms with Gasteiger partial charge in [0.15, 0.2) is 6.61 Å². The van der Waals surface area contributed by atoms with Gasteiger partial charge < -0.3 is 15.8 Å². The van der Waals surface area contributed by atoms with E-state index < -0.39 is 5.91 Å². The Labute approximate surface area is 129 Å². The number of nitrogens with two attached hydrogens (primary N) is 1. The molecule has 0 saturated heterocycles. The van der Waals surface area contributed by atoms with Crippen molar-refractivity contribution in [2.24, 2.45) is 5.73 Å². The zero-order valence-electron chi connectivity index (χ0n) is 10.9. The molecule has 21 heavy (non-hydrogen) atoms. The molecule has 2 amide bonds. The fourth-order valence-corrected chi connectivity index (χ4v) is 1.92. The number of aromatic nitrogens is 1. The molecule has 0 radical (unpaired) electrons. The fourth-order valence-electron chi connectivity index (χ4n) is 1.56. The van der Waals surface area contributed by atoms with Crippen LogP contribution < -0.4 is 15.8 Å². The molecule has 0 atom stereocenters. The summed E-state index contributed by atoms with van der Waals surface area (Å²) in [5, 5.41) is 2.72. The van der Waals surface area contributed by atoms with Gasteiger partial charge >= 0.3 is 0 Å². The zero-order chi connectivity index (χ0) is 15.2. The van der Waals surface area contributed by atoms with E-state index in [1.807, 2.05) is 0 Å². The third-order valence-corrected chi connectivity index (χ3v) is 2.87. The summed E-state index contributed by atoms with van der Waals surface area (Å²) in [5.41, 5.74) is 5.97. The molecule has 0 saturated carbocycles. The maximum Gasteiger partial charge on any atom is 0.257 e. The van der Waals surface area contributed by atoms with Crippen molar-refractivity contribution in [3.63, 3.8) is 0 Å². The molecule has 0 aliphatic rings. The number of carbonyl (C=O) groups excluding carboxylic acids is 2. The van der Waals surface area contributed by atoms with Crippen LogP contribution in [0.5, 0.6) is 5.75 Å². The molecule has 0 spiro atoms. The van der Waals surface area contributed by atoms with E-state index in [2.05, 4.69) is 26.2 Å². The summed E-state index contributed by atoms with van der Waals surface area (Å²) in [7, 11) is 0. The van der Waals surface area contributed by atoms with Crippen LogP contribution in [-0.4, -0.2) is 23.4 Å². The lowest BCUT2D eigenvalue weighted by atomic mass is 10.2. The highest BCUT2D eigenvalue weighted by atomic mass is 79.9. The second-order valence-electron chi connectivity index (χ2n) is 4.13. The number of hydrogen-bond donors (Lipinski definition) is 2. The average molecular weight is 350 g/mol. The molecule has 2 aromatic rings. The van der Waals surface area contributed by atoms with Gasteiger partial charge in [-0.1, -0.05) is 6.07 Å². The van der Waals surface area contributed by atoms with Crippen LogP contribution in [0, 0.1) is 0 Å². The van der Waals surface area contributed by atoms with Gasteiger partial charge in [0.25, 0.3) is 11.8 Å². The molecule has 0 aliphatic carbocycles. The first-order valence-electron chi connectivity index (χ1n) is 5.97. The van der Waals surface area contributed by atoms with Gasteiger partial charge in [0.05, 0.1) is 5.56 Å². The number of halogens is 1. The number of benzene rings is 1. The van der Waals surface area contributed by atoms with Crippen molar-refractivity contribution < 1.29 is 14.3 Å². The van der Waals surface area contributed by atoms with Gasteiger partial charge in [-0.15, -0.1) is 0 Å². The summed E-state index contributed by atoms with van der Waals surface area (Å²) in [6.07, 6.45) is 3.06. The molecule has 6 nitrogen and oxygen atoms in total. The van der Waals surface area contributed by atoms with Crippen molar-refractivity contribution in [3.05, 3.63) is 52.8 Å². The minimum Gasteiger partial charge on any atom is -0.484 e. The number of primary amides is 1. The first kappa shape index (κ1) is 15.0. The van der Waals surface area contributed by atoms with Gasteiger partial charge in [-0.05, 0) is 34.1 Å². The van der Waals surface area contributed by atoms with Gasteiger partial charge in [-0.2, -0.15) is 0 Å². The standard InChI is InChI=1S/C14H12BrN3O3/c15-10-4-9(6-17-7-10)14(20)18-11-2-1-3-12(5-11)21-8-13(16)19/h1-7H,8H2,(H2,16,19)(H,18,20). The number of nitrogens with one attached hydrogen (secondary N) is 1. The van der Waals surface area contributed by atoms with Crippen LogP contribution in [0.3, 0.4) is 0 Å². The van der Waals surface area contributed by atoms with Gasteiger partial charge in [-0.3, -0.25) is 14.6 Å². The normalized spacial score (nSPS) is 9.95. The number of pyridine rings is 1. The molecular formula is C14H12BrN3O3. The molecule has 1 heterocycles. The monoisotopic (exact) mass is 349 g/mol. The minimum atomic E-state index is -0.565. The highest BCUT2D eigenvalue weighted by molar-refractivity contribution is 9.10. The molecule has 0 unspecified atom stereocenters. The van der Waals surface area contributed by atoms with E-state index in [-0.39, 0.29) is 12.5 Å². The van der Waals surface area contributed by atoms with E-state index in [0.717, 1.165) is 0 Å². The Morgan fingerprint density at radius 1 is 1.29 bits per heavy atom. The number of nitrogens with zero attached hydrogens (tertiary/aromatic N) is 1. The number of anilines is 1. The molecule has 108 valence electrons. The number of carbonyl (C=O) groups is 2. The van der Waals surface area contributed by atoms with E-state index in [1.54, 1.807) is 36.5 Å². The van der Waals surface area contributed by atoms with E-state index in [9.17, 15) is 9.59 Å². The maximum atomic E-state index is 12.1. The zero-order valence-corrected chi connectivity index (χ0v) is 12.5. The smallest absolute Gasteiger partial charge is 0.257 e. The van der Waals surface area contributed by atoms with Crippen molar-refractivity contribution in [3.8, 4) is 5.75 Å². The molecule has 1 aromatic carbocycles. The summed E-state index contributed by atoms with van der Waals surface area (Å²) in [6.45, 7) is -0.215. The molecule has 0 aliphatic heterocycles. The highest BCUT2D eigenvalue weighted by Crippen LogP contribution is 2.18. The molecule has 7 heteroatoms. The molecular weight excluding hydrogens is 338 g/mol.